The highest BCUT2D eigenvalue weighted by Crippen LogP contribution is 2.19. The third-order valence-corrected chi connectivity index (χ3v) is 3.92. The van der Waals surface area contributed by atoms with Crippen LogP contribution in [0.25, 0.3) is 0 Å². The van der Waals surface area contributed by atoms with E-state index in [1.807, 2.05) is 20.8 Å². The Labute approximate surface area is 107 Å². The Bertz CT molecular complexity index is 546. The Hall–Kier alpha value is -1.34. The number of amides is 1. The van der Waals surface area contributed by atoms with E-state index in [1.165, 1.54) is 11.3 Å². The molecule has 0 aromatic carbocycles. The van der Waals surface area contributed by atoms with Crippen LogP contribution in [0.15, 0.2) is 0 Å². The molecule has 0 bridgehead atoms. The minimum absolute atomic E-state index is 0.0760. The van der Waals surface area contributed by atoms with E-state index in [-0.39, 0.29) is 5.91 Å². The van der Waals surface area contributed by atoms with Gasteiger partial charge in [0.15, 0.2) is 0 Å². The van der Waals surface area contributed by atoms with E-state index in [2.05, 4.69) is 20.5 Å². The van der Waals surface area contributed by atoms with E-state index in [1.54, 1.807) is 11.3 Å². The van der Waals surface area contributed by atoms with Crippen molar-refractivity contribution in [3.05, 3.63) is 20.6 Å². The van der Waals surface area contributed by atoms with Gasteiger partial charge < -0.3 is 5.32 Å². The smallest absolute Gasteiger partial charge is 0.231 e. The van der Waals surface area contributed by atoms with Crippen LogP contribution in [-0.4, -0.2) is 21.1 Å². The van der Waals surface area contributed by atoms with Gasteiger partial charge in [-0.05, 0) is 20.8 Å². The van der Waals surface area contributed by atoms with E-state index in [0.717, 1.165) is 20.6 Å². The number of carbonyl (C=O) groups excluding carboxylic acids is 1. The van der Waals surface area contributed by atoms with E-state index in [4.69, 9.17) is 0 Å². The maximum Gasteiger partial charge on any atom is 0.231 e. The third-order valence-electron chi connectivity index (χ3n) is 2.09. The second-order valence-corrected chi connectivity index (χ2v) is 6.06. The molecule has 1 amide bonds. The number of rotatable bonds is 3. The highest BCUT2D eigenvalue weighted by molar-refractivity contribution is 7.15. The SMILES string of the molecule is Cc1nnc(NC(=O)Cc2sc(C)nc2C)s1. The normalized spacial score (nSPS) is 10.5. The minimum atomic E-state index is -0.0760. The molecular weight excluding hydrogens is 256 g/mol. The van der Waals surface area contributed by atoms with Gasteiger partial charge in [-0.2, -0.15) is 0 Å². The number of hydrogen-bond acceptors (Lipinski definition) is 6. The summed E-state index contributed by atoms with van der Waals surface area (Å²) >= 11 is 2.92. The topological polar surface area (TPSA) is 67.8 Å². The number of nitrogens with zero attached hydrogens (tertiary/aromatic N) is 3. The monoisotopic (exact) mass is 268 g/mol. The molecule has 5 nitrogen and oxygen atoms in total. The van der Waals surface area contributed by atoms with Gasteiger partial charge in [-0.15, -0.1) is 21.5 Å². The molecule has 0 saturated heterocycles. The van der Waals surface area contributed by atoms with Crippen molar-refractivity contribution >= 4 is 33.7 Å². The summed E-state index contributed by atoms with van der Waals surface area (Å²) in [5.74, 6) is -0.0760. The van der Waals surface area contributed by atoms with Crippen LogP contribution in [0.2, 0.25) is 0 Å². The number of anilines is 1. The molecule has 17 heavy (non-hydrogen) atoms. The molecule has 90 valence electrons. The van der Waals surface area contributed by atoms with Gasteiger partial charge in [0.25, 0.3) is 0 Å². The molecular formula is C10H12N4OS2. The average Bonchev–Trinajstić information content (AvgIpc) is 2.74. The van der Waals surface area contributed by atoms with Crippen LogP contribution in [0.4, 0.5) is 5.13 Å². The zero-order valence-corrected chi connectivity index (χ0v) is 11.4. The maximum absolute atomic E-state index is 11.8. The van der Waals surface area contributed by atoms with Gasteiger partial charge in [-0.25, -0.2) is 4.98 Å². The zero-order valence-electron chi connectivity index (χ0n) is 9.77. The van der Waals surface area contributed by atoms with Gasteiger partial charge in [0.2, 0.25) is 11.0 Å². The van der Waals surface area contributed by atoms with Gasteiger partial charge in [-0.1, -0.05) is 11.3 Å². The molecule has 0 spiro atoms. The van der Waals surface area contributed by atoms with Crippen LogP contribution in [0.5, 0.6) is 0 Å². The first kappa shape index (κ1) is 12.1. The fourth-order valence-corrected chi connectivity index (χ4v) is 2.94. The fraction of sp³-hybridized carbons (Fsp3) is 0.400. The molecule has 2 aromatic rings. The van der Waals surface area contributed by atoms with Crippen molar-refractivity contribution in [2.24, 2.45) is 0 Å². The number of aryl methyl sites for hydroxylation is 3. The van der Waals surface area contributed by atoms with Crippen LogP contribution in [0, 0.1) is 20.8 Å². The van der Waals surface area contributed by atoms with Crippen LogP contribution < -0.4 is 5.32 Å². The van der Waals surface area contributed by atoms with Crippen molar-refractivity contribution in [1.82, 2.24) is 15.2 Å². The molecule has 2 rings (SSSR count). The summed E-state index contributed by atoms with van der Waals surface area (Å²) in [4.78, 5) is 17.0. The summed E-state index contributed by atoms with van der Waals surface area (Å²) in [6, 6.07) is 0. The summed E-state index contributed by atoms with van der Waals surface area (Å²) in [6.45, 7) is 5.71. The van der Waals surface area contributed by atoms with Crippen molar-refractivity contribution < 1.29 is 4.79 Å². The van der Waals surface area contributed by atoms with Crippen molar-refractivity contribution in [2.45, 2.75) is 27.2 Å². The van der Waals surface area contributed by atoms with Crippen LogP contribution >= 0.6 is 22.7 Å². The quantitative estimate of drug-likeness (QED) is 0.925. The number of carbonyl (C=O) groups is 1. The van der Waals surface area contributed by atoms with Crippen molar-refractivity contribution in [1.29, 1.82) is 0 Å². The van der Waals surface area contributed by atoms with Gasteiger partial charge in [0, 0.05) is 4.88 Å². The molecule has 0 unspecified atom stereocenters. The second-order valence-electron chi connectivity index (χ2n) is 3.59. The van der Waals surface area contributed by atoms with Gasteiger partial charge >= 0.3 is 0 Å². The first-order chi connectivity index (χ1) is 8.04. The summed E-state index contributed by atoms with van der Waals surface area (Å²) in [5, 5.41) is 12.8. The summed E-state index contributed by atoms with van der Waals surface area (Å²) in [5.41, 5.74) is 0.927. The molecule has 2 aromatic heterocycles. The van der Waals surface area contributed by atoms with Crippen molar-refractivity contribution in [3.63, 3.8) is 0 Å². The van der Waals surface area contributed by atoms with E-state index >= 15 is 0 Å². The molecule has 7 heteroatoms. The number of hydrogen-bond donors (Lipinski definition) is 1. The first-order valence-electron chi connectivity index (χ1n) is 5.07. The van der Waals surface area contributed by atoms with Gasteiger partial charge in [0.05, 0.1) is 17.1 Å². The van der Waals surface area contributed by atoms with Crippen LogP contribution in [-0.2, 0) is 11.2 Å². The second kappa shape index (κ2) is 4.89. The molecule has 0 fully saturated rings. The molecule has 0 radical (unpaired) electrons. The molecule has 2 heterocycles. The lowest BCUT2D eigenvalue weighted by atomic mass is 10.3. The Morgan fingerprint density at radius 1 is 1.18 bits per heavy atom. The molecule has 1 N–H and O–H groups in total. The number of aromatic nitrogens is 3. The number of thiazole rings is 1. The van der Waals surface area contributed by atoms with E-state index in [9.17, 15) is 4.79 Å². The highest BCUT2D eigenvalue weighted by atomic mass is 32.1. The summed E-state index contributed by atoms with van der Waals surface area (Å²) < 4.78 is 0. The van der Waals surface area contributed by atoms with E-state index in [0.29, 0.717) is 11.6 Å². The Morgan fingerprint density at radius 3 is 2.47 bits per heavy atom. The summed E-state index contributed by atoms with van der Waals surface area (Å²) in [7, 11) is 0. The Morgan fingerprint density at radius 2 is 1.94 bits per heavy atom. The average molecular weight is 268 g/mol. The Balaban J connectivity index is 2.00. The lowest BCUT2D eigenvalue weighted by molar-refractivity contribution is -0.115. The third kappa shape index (κ3) is 3.07. The predicted octanol–water partition coefficient (Wildman–Crippen LogP) is 2.10. The van der Waals surface area contributed by atoms with Gasteiger partial charge in [-0.3, -0.25) is 4.79 Å². The molecule has 0 aliphatic carbocycles. The standard InChI is InChI=1S/C10H12N4OS2/c1-5-8(16-6(2)11-5)4-9(15)12-10-14-13-7(3)17-10/h4H2,1-3H3,(H,12,14,15). The fourth-order valence-electron chi connectivity index (χ4n) is 1.39. The Kier molecular flexibility index (Phi) is 3.49. The first-order valence-corrected chi connectivity index (χ1v) is 6.71. The molecule has 0 aliphatic heterocycles. The molecule has 0 aliphatic rings. The largest absolute Gasteiger partial charge is 0.300 e. The van der Waals surface area contributed by atoms with Crippen molar-refractivity contribution in [2.75, 3.05) is 5.32 Å². The lowest BCUT2D eigenvalue weighted by Gasteiger charge is -1.99. The molecule has 0 atom stereocenters. The number of nitrogens with one attached hydrogen (secondary N) is 1. The van der Waals surface area contributed by atoms with Crippen LogP contribution in [0.1, 0.15) is 20.6 Å². The maximum atomic E-state index is 11.8. The van der Waals surface area contributed by atoms with Gasteiger partial charge in [0.1, 0.15) is 5.01 Å². The summed E-state index contributed by atoms with van der Waals surface area (Å²) in [6.07, 6.45) is 0.343. The van der Waals surface area contributed by atoms with Crippen molar-refractivity contribution in [3.8, 4) is 0 Å². The van der Waals surface area contributed by atoms with Crippen LogP contribution in [0.3, 0.4) is 0 Å². The highest BCUT2D eigenvalue weighted by Gasteiger charge is 2.11. The predicted molar refractivity (Wildman–Crippen MR) is 68.6 cm³/mol. The lowest BCUT2D eigenvalue weighted by Crippen LogP contribution is -2.14. The minimum Gasteiger partial charge on any atom is -0.300 e. The zero-order chi connectivity index (χ0) is 12.4. The van der Waals surface area contributed by atoms with E-state index < -0.39 is 0 Å². The molecule has 0 saturated carbocycles.